The summed E-state index contributed by atoms with van der Waals surface area (Å²) in [7, 11) is 3.16. The fourth-order valence-electron chi connectivity index (χ4n) is 3.45. The number of carbonyl (C=O) groups excluding carboxylic acids is 1. The van der Waals surface area contributed by atoms with Gasteiger partial charge in [-0.05, 0) is 24.6 Å². The number of anilines is 1. The van der Waals surface area contributed by atoms with Crippen LogP contribution in [-0.2, 0) is 4.79 Å². The summed E-state index contributed by atoms with van der Waals surface area (Å²) in [5.74, 6) is 2.10. The summed E-state index contributed by atoms with van der Waals surface area (Å²) in [6, 6.07) is 13.3. The molecule has 1 fully saturated rings. The molecule has 7 heteroatoms. The van der Waals surface area contributed by atoms with E-state index in [-0.39, 0.29) is 11.8 Å². The smallest absolute Gasteiger partial charge is 0.232 e. The first-order chi connectivity index (χ1) is 13.6. The molecule has 0 spiro atoms. The molecule has 1 aliphatic heterocycles. The van der Waals surface area contributed by atoms with Crippen LogP contribution in [0.5, 0.6) is 11.5 Å². The lowest BCUT2D eigenvalue weighted by atomic mass is 10.1. The largest absolute Gasteiger partial charge is 0.497 e. The van der Waals surface area contributed by atoms with Gasteiger partial charge >= 0.3 is 0 Å². The van der Waals surface area contributed by atoms with E-state index in [1.165, 1.54) is 0 Å². The first-order valence-electron chi connectivity index (χ1n) is 9.02. The molecule has 2 aromatic carbocycles. The molecule has 7 nitrogen and oxygen atoms in total. The second kappa shape index (κ2) is 7.34. The molecule has 0 saturated carbocycles. The van der Waals surface area contributed by atoms with Crippen molar-refractivity contribution in [2.24, 2.45) is 0 Å². The maximum atomic E-state index is 12.7. The first kappa shape index (κ1) is 18.0. The highest BCUT2D eigenvalue weighted by atomic mass is 16.5. The zero-order valence-corrected chi connectivity index (χ0v) is 16.0. The highest BCUT2D eigenvalue weighted by Crippen LogP contribution is 2.38. The molecule has 1 unspecified atom stereocenters. The Hall–Kier alpha value is -3.35. The third kappa shape index (κ3) is 3.19. The number of rotatable bonds is 5. The standard InChI is InChI=1S/C21H21N3O4/c1-13-6-4-5-7-16(13)20-22-21(28-23-20)14-10-19(25)24(12-14)17-9-8-15(26-2)11-18(17)27-3/h4-9,11,14H,10,12H2,1-3H3. The first-order valence-corrected chi connectivity index (χ1v) is 9.02. The number of hydrogen-bond donors (Lipinski definition) is 0. The van der Waals surface area contributed by atoms with E-state index in [4.69, 9.17) is 14.0 Å². The number of hydrogen-bond acceptors (Lipinski definition) is 6. The molecule has 144 valence electrons. The van der Waals surface area contributed by atoms with Crippen molar-refractivity contribution in [1.29, 1.82) is 0 Å². The molecule has 28 heavy (non-hydrogen) atoms. The quantitative estimate of drug-likeness (QED) is 0.674. The third-order valence-corrected chi connectivity index (χ3v) is 4.98. The minimum absolute atomic E-state index is 0.0101. The van der Waals surface area contributed by atoms with E-state index in [0.29, 0.717) is 41.9 Å². The predicted octanol–water partition coefficient (Wildman–Crippen LogP) is 3.58. The Bertz CT molecular complexity index is 1010. The van der Waals surface area contributed by atoms with Gasteiger partial charge in [-0.2, -0.15) is 4.98 Å². The van der Waals surface area contributed by atoms with Gasteiger partial charge in [0, 0.05) is 24.6 Å². The molecule has 1 amide bonds. The van der Waals surface area contributed by atoms with E-state index < -0.39 is 0 Å². The van der Waals surface area contributed by atoms with Crippen LogP contribution in [0.4, 0.5) is 5.69 Å². The van der Waals surface area contributed by atoms with E-state index in [1.54, 1.807) is 31.3 Å². The maximum absolute atomic E-state index is 12.7. The summed E-state index contributed by atoms with van der Waals surface area (Å²) >= 11 is 0. The van der Waals surface area contributed by atoms with Crippen LogP contribution in [-0.4, -0.2) is 36.8 Å². The lowest BCUT2D eigenvalue weighted by molar-refractivity contribution is -0.117. The van der Waals surface area contributed by atoms with Crippen molar-refractivity contribution in [1.82, 2.24) is 10.1 Å². The van der Waals surface area contributed by atoms with Crippen LogP contribution < -0.4 is 14.4 Å². The van der Waals surface area contributed by atoms with Crippen molar-refractivity contribution < 1.29 is 18.8 Å². The van der Waals surface area contributed by atoms with Gasteiger partial charge in [-0.3, -0.25) is 4.79 Å². The zero-order chi connectivity index (χ0) is 19.7. The van der Waals surface area contributed by atoms with Gasteiger partial charge in [-0.25, -0.2) is 0 Å². The van der Waals surface area contributed by atoms with Crippen molar-refractivity contribution in [2.75, 3.05) is 25.7 Å². The normalized spacial score (nSPS) is 16.5. The minimum Gasteiger partial charge on any atom is -0.497 e. The van der Waals surface area contributed by atoms with Gasteiger partial charge in [0.25, 0.3) is 0 Å². The highest BCUT2D eigenvalue weighted by molar-refractivity contribution is 5.97. The van der Waals surface area contributed by atoms with Gasteiger partial charge < -0.3 is 18.9 Å². The molecule has 4 rings (SSSR count). The van der Waals surface area contributed by atoms with Crippen LogP contribution in [0, 0.1) is 6.92 Å². The second-order valence-corrected chi connectivity index (χ2v) is 6.71. The molecule has 1 atom stereocenters. The van der Waals surface area contributed by atoms with Gasteiger partial charge in [0.1, 0.15) is 11.5 Å². The van der Waals surface area contributed by atoms with Gasteiger partial charge in [-0.1, -0.05) is 29.4 Å². The fraction of sp³-hybridized carbons (Fsp3) is 0.286. The molecular weight excluding hydrogens is 358 g/mol. The monoisotopic (exact) mass is 379 g/mol. The number of aromatic nitrogens is 2. The molecule has 1 aliphatic rings. The number of nitrogens with zero attached hydrogens (tertiary/aromatic N) is 3. The van der Waals surface area contributed by atoms with Gasteiger partial charge in [0.05, 0.1) is 25.8 Å². The molecule has 0 radical (unpaired) electrons. The Morgan fingerprint density at radius 2 is 1.96 bits per heavy atom. The van der Waals surface area contributed by atoms with E-state index in [0.717, 1.165) is 11.1 Å². The number of methoxy groups -OCH3 is 2. The SMILES string of the molecule is COc1ccc(N2CC(c3nc(-c4ccccc4C)no3)CC2=O)c(OC)c1. The Kier molecular flexibility index (Phi) is 4.73. The number of carbonyl (C=O) groups is 1. The Morgan fingerprint density at radius 3 is 2.71 bits per heavy atom. The second-order valence-electron chi connectivity index (χ2n) is 6.71. The lowest BCUT2D eigenvalue weighted by Crippen LogP contribution is -2.24. The van der Waals surface area contributed by atoms with Crippen LogP contribution >= 0.6 is 0 Å². The van der Waals surface area contributed by atoms with Gasteiger partial charge in [0.2, 0.25) is 17.6 Å². The van der Waals surface area contributed by atoms with Crippen molar-refractivity contribution in [3.8, 4) is 22.9 Å². The Balaban J connectivity index is 1.59. The van der Waals surface area contributed by atoms with Crippen molar-refractivity contribution in [2.45, 2.75) is 19.3 Å². The van der Waals surface area contributed by atoms with Gasteiger partial charge in [-0.15, -0.1) is 0 Å². The summed E-state index contributed by atoms with van der Waals surface area (Å²) < 4.78 is 16.2. The predicted molar refractivity (Wildman–Crippen MR) is 104 cm³/mol. The summed E-state index contributed by atoms with van der Waals surface area (Å²) in [5, 5.41) is 4.11. The Labute approximate surface area is 162 Å². The lowest BCUT2D eigenvalue weighted by Gasteiger charge is -2.19. The minimum atomic E-state index is -0.162. The number of benzene rings is 2. The van der Waals surface area contributed by atoms with Crippen LogP contribution in [0.25, 0.3) is 11.4 Å². The van der Waals surface area contributed by atoms with E-state index in [1.807, 2.05) is 37.3 Å². The third-order valence-electron chi connectivity index (χ3n) is 4.98. The average Bonchev–Trinajstić information content (AvgIpc) is 3.34. The van der Waals surface area contributed by atoms with Gasteiger partial charge in [0.15, 0.2) is 0 Å². The summed E-state index contributed by atoms with van der Waals surface area (Å²) in [5.41, 5.74) is 2.70. The number of aryl methyl sites for hydroxylation is 1. The van der Waals surface area contributed by atoms with Crippen LogP contribution in [0.1, 0.15) is 23.8 Å². The van der Waals surface area contributed by atoms with Crippen LogP contribution in [0.15, 0.2) is 47.0 Å². The number of amides is 1. The topological polar surface area (TPSA) is 77.7 Å². The van der Waals surface area contributed by atoms with E-state index >= 15 is 0 Å². The molecule has 0 bridgehead atoms. The highest BCUT2D eigenvalue weighted by Gasteiger charge is 2.36. The van der Waals surface area contributed by atoms with E-state index in [9.17, 15) is 4.79 Å². The van der Waals surface area contributed by atoms with Crippen molar-refractivity contribution >= 4 is 11.6 Å². The van der Waals surface area contributed by atoms with Crippen molar-refractivity contribution in [3.05, 3.63) is 53.9 Å². The van der Waals surface area contributed by atoms with Crippen LogP contribution in [0.3, 0.4) is 0 Å². The van der Waals surface area contributed by atoms with Crippen LogP contribution in [0.2, 0.25) is 0 Å². The van der Waals surface area contributed by atoms with E-state index in [2.05, 4.69) is 10.1 Å². The summed E-state index contributed by atoms with van der Waals surface area (Å²) in [6.45, 7) is 2.46. The molecule has 1 aromatic heterocycles. The Morgan fingerprint density at radius 1 is 1.14 bits per heavy atom. The molecule has 0 aliphatic carbocycles. The average molecular weight is 379 g/mol. The fourth-order valence-corrected chi connectivity index (χ4v) is 3.45. The maximum Gasteiger partial charge on any atom is 0.232 e. The molecular formula is C21H21N3O4. The summed E-state index contributed by atoms with van der Waals surface area (Å²) in [4.78, 5) is 18.9. The van der Waals surface area contributed by atoms with Crippen molar-refractivity contribution in [3.63, 3.8) is 0 Å². The zero-order valence-electron chi connectivity index (χ0n) is 16.0. The molecule has 1 saturated heterocycles. The number of ether oxygens (including phenoxy) is 2. The molecule has 3 aromatic rings. The molecule has 0 N–H and O–H groups in total. The summed E-state index contributed by atoms with van der Waals surface area (Å²) in [6.07, 6.45) is 0.310. The molecule has 2 heterocycles.